The molecule has 0 radical (unpaired) electrons. The summed E-state index contributed by atoms with van der Waals surface area (Å²) in [5, 5.41) is 10.9. The fraction of sp³-hybridized carbons (Fsp3) is 0.308. The van der Waals surface area contributed by atoms with Crippen molar-refractivity contribution in [3.63, 3.8) is 0 Å². The predicted octanol–water partition coefficient (Wildman–Crippen LogP) is 0.801. The summed E-state index contributed by atoms with van der Waals surface area (Å²) >= 11 is 0. The summed E-state index contributed by atoms with van der Waals surface area (Å²) in [6.07, 6.45) is -0.592. The van der Waals surface area contributed by atoms with Gasteiger partial charge in [0.2, 0.25) is 5.91 Å². The first-order valence-corrected chi connectivity index (χ1v) is 5.51. The molecule has 1 atom stereocenters. The molecule has 0 aliphatic carbocycles. The molecule has 0 aliphatic heterocycles. The number of hydrogen-bond donors (Lipinski definition) is 1. The number of hydrogen-bond acceptors (Lipinski definition) is 4. The number of carbonyl (C=O) groups is 2. The van der Waals surface area contributed by atoms with Crippen LogP contribution < -0.4 is 5.32 Å². The van der Waals surface area contributed by atoms with Crippen molar-refractivity contribution in [2.45, 2.75) is 19.4 Å². The number of ether oxygens (including phenoxy) is 1. The van der Waals surface area contributed by atoms with Crippen LogP contribution in [-0.4, -0.2) is 24.5 Å². The molecule has 0 saturated carbocycles. The lowest BCUT2D eigenvalue weighted by Crippen LogP contribution is -2.32. The number of benzene rings is 1. The third kappa shape index (κ3) is 5.12. The van der Waals surface area contributed by atoms with Gasteiger partial charge in [0.05, 0.1) is 6.42 Å². The van der Waals surface area contributed by atoms with Crippen molar-refractivity contribution in [1.82, 2.24) is 5.32 Å². The van der Waals surface area contributed by atoms with E-state index in [0.717, 1.165) is 5.56 Å². The molecule has 18 heavy (non-hydrogen) atoms. The minimum absolute atomic E-state index is 0.210. The maximum atomic E-state index is 11.5. The van der Waals surface area contributed by atoms with Gasteiger partial charge < -0.3 is 10.1 Å². The number of nitrogens with one attached hydrogen (secondary N) is 1. The van der Waals surface area contributed by atoms with Crippen LogP contribution in [0.4, 0.5) is 0 Å². The van der Waals surface area contributed by atoms with E-state index in [9.17, 15) is 9.59 Å². The molecule has 94 valence electrons. The molecule has 1 aromatic carbocycles. The molecular weight excluding hydrogens is 232 g/mol. The number of nitriles is 1. The molecule has 0 aliphatic rings. The smallest absolute Gasteiger partial charge is 0.326 e. The number of rotatable bonds is 5. The summed E-state index contributed by atoms with van der Waals surface area (Å²) < 4.78 is 4.69. The summed E-state index contributed by atoms with van der Waals surface area (Å²) in [5.41, 5.74) is 0.869. The SMILES string of the molecule is C[C@@H](C#N)OC(=O)CNC(=O)Cc1ccccc1. The van der Waals surface area contributed by atoms with Crippen LogP contribution in [0.25, 0.3) is 0 Å². The van der Waals surface area contributed by atoms with Gasteiger partial charge in [0.1, 0.15) is 12.6 Å². The van der Waals surface area contributed by atoms with E-state index >= 15 is 0 Å². The molecule has 0 spiro atoms. The van der Waals surface area contributed by atoms with Crippen molar-refractivity contribution in [2.24, 2.45) is 0 Å². The Labute approximate surface area is 105 Å². The second kappa shape index (κ2) is 7.07. The summed E-state index contributed by atoms with van der Waals surface area (Å²) in [6, 6.07) is 11.0. The van der Waals surface area contributed by atoms with Gasteiger partial charge >= 0.3 is 5.97 Å². The highest BCUT2D eigenvalue weighted by molar-refractivity contribution is 5.83. The largest absolute Gasteiger partial charge is 0.446 e. The van der Waals surface area contributed by atoms with Gasteiger partial charge in [-0.2, -0.15) is 5.26 Å². The molecule has 0 heterocycles. The zero-order chi connectivity index (χ0) is 13.4. The van der Waals surface area contributed by atoms with Gasteiger partial charge in [0.15, 0.2) is 6.10 Å². The molecule has 0 fully saturated rings. The molecule has 1 rings (SSSR count). The van der Waals surface area contributed by atoms with Crippen molar-refractivity contribution < 1.29 is 14.3 Å². The lowest BCUT2D eigenvalue weighted by Gasteiger charge is -2.07. The van der Waals surface area contributed by atoms with Gasteiger partial charge in [0, 0.05) is 0 Å². The number of amides is 1. The van der Waals surface area contributed by atoms with Crippen molar-refractivity contribution in [3.8, 4) is 6.07 Å². The Morgan fingerprint density at radius 3 is 2.67 bits per heavy atom. The monoisotopic (exact) mass is 246 g/mol. The van der Waals surface area contributed by atoms with E-state index in [4.69, 9.17) is 5.26 Å². The van der Waals surface area contributed by atoms with E-state index in [-0.39, 0.29) is 18.9 Å². The molecule has 0 saturated heterocycles. The molecule has 0 bridgehead atoms. The third-order valence-electron chi connectivity index (χ3n) is 2.13. The van der Waals surface area contributed by atoms with Gasteiger partial charge in [-0.25, -0.2) is 0 Å². The molecule has 1 aromatic rings. The first-order valence-electron chi connectivity index (χ1n) is 5.51. The standard InChI is InChI=1S/C13H14N2O3/c1-10(8-14)18-13(17)9-15-12(16)7-11-5-3-2-4-6-11/h2-6,10H,7,9H2,1H3,(H,15,16)/t10-/m0/s1. The highest BCUT2D eigenvalue weighted by atomic mass is 16.5. The lowest BCUT2D eigenvalue weighted by atomic mass is 10.1. The van der Waals surface area contributed by atoms with Crippen LogP contribution in [0.2, 0.25) is 0 Å². The van der Waals surface area contributed by atoms with Crippen LogP contribution in [0.3, 0.4) is 0 Å². The average molecular weight is 246 g/mol. The highest BCUT2D eigenvalue weighted by Crippen LogP contribution is 1.99. The van der Waals surface area contributed by atoms with E-state index in [1.807, 2.05) is 30.3 Å². The summed E-state index contributed by atoms with van der Waals surface area (Å²) in [6.45, 7) is 1.24. The Hall–Kier alpha value is -2.35. The molecule has 0 aromatic heterocycles. The first kappa shape index (κ1) is 13.7. The predicted molar refractivity (Wildman–Crippen MR) is 64.3 cm³/mol. The van der Waals surface area contributed by atoms with Crippen LogP contribution >= 0.6 is 0 Å². The van der Waals surface area contributed by atoms with Crippen molar-refractivity contribution in [2.75, 3.05) is 6.54 Å². The van der Waals surface area contributed by atoms with E-state index < -0.39 is 12.1 Å². The van der Waals surface area contributed by atoms with E-state index in [0.29, 0.717) is 0 Å². The number of nitrogens with zero attached hydrogens (tertiary/aromatic N) is 1. The van der Waals surface area contributed by atoms with Crippen LogP contribution in [0, 0.1) is 11.3 Å². The summed E-state index contributed by atoms with van der Waals surface area (Å²) in [4.78, 5) is 22.7. The number of carbonyl (C=O) groups excluding carboxylic acids is 2. The Kier molecular flexibility index (Phi) is 5.39. The van der Waals surface area contributed by atoms with Crippen molar-refractivity contribution in [1.29, 1.82) is 5.26 Å². The highest BCUT2D eigenvalue weighted by Gasteiger charge is 2.10. The summed E-state index contributed by atoms with van der Waals surface area (Å²) in [7, 11) is 0. The van der Waals surface area contributed by atoms with Crippen LogP contribution in [0.1, 0.15) is 12.5 Å². The Morgan fingerprint density at radius 2 is 2.06 bits per heavy atom. The topological polar surface area (TPSA) is 79.2 Å². The van der Waals surface area contributed by atoms with Crippen LogP contribution in [-0.2, 0) is 20.7 Å². The molecule has 0 unspecified atom stereocenters. The number of esters is 1. The lowest BCUT2D eigenvalue weighted by molar-refractivity contribution is -0.146. The minimum Gasteiger partial charge on any atom is -0.446 e. The van der Waals surface area contributed by atoms with Gasteiger partial charge in [0.25, 0.3) is 0 Å². The molecule has 5 nitrogen and oxygen atoms in total. The third-order valence-corrected chi connectivity index (χ3v) is 2.13. The summed E-state index contributed by atoms with van der Waals surface area (Å²) in [5.74, 6) is -0.881. The fourth-order valence-corrected chi connectivity index (χ4v) is 1.28. The Morgan fingerprint density at radius 1 is 1.39 bits per heavy atom. The van der Waals surface area contributed by atoms with Gasteiger partial charge in [-0.05, 0) is 12.5 Å². The van der Waals surface area contributed by atoms with Crippen molar-refractivity contribution >= 4 is 11.9 Å². The second-order valence-electron chi connectivity index (χ2n) is 3.70. The second-order valence-corrected chi connectivity index (χ2v) is 3.70. The van der Waals surface area contributed by atoms with Gasteiger partial charge in [-0.3, -0.25) is 9.59 Å². The normalized spacial score (nSPS) is 11.1. The van der Waals surface area contributed by atoms with Crippen LogP contribution in [0.5, 0.6) is 0 Å². The van der Waals surface area contributed by atoms with Gasteiger partial charge in [-0.1, -0.05) is 30.3 Å². The van der Waals surface area contributed by atoms with Crippen molar-refractivity contribution in [3.05, 3.63) is 35.9 Å². The average Bonchev–Trinajstić information content (AvgIpc) is 2.37. The molecule has 5 heteroatoms. The maximum absolute atomic E-state index is 11.5. The Balaban J connectivity index is 2.30. The Bertz CT molecular complexity index is 451. The van der Waals surface area contributed by atoms with Gasteiger partial charge in [-0.15, -0.1) is 0 Å². The fourth-order valence-electron chi connectivity index (χ4n) is 1.28. The quantitative estimate of drug-likeness (QED) is 0.779. The van der Waals surface area contributed by atoms with E-state index in [2.05, 4.69) is 10.1 Å². The zero-order valence-corrected chi connectivity index (χ0v) is 10.1. The molecular formula is C13H14N2O3. The zero-order valence-electron chi connectivity index (χ0n) is 10.1. The van der Waals surface area contributed by atoms with E-state index in [1.165, 1.54) is 6.92 Å². The molecule has 1 amide bonds. The van der Waals surface area contributed by atoms with E-state index in [1.54, 1.807) is 6.07 Å². The van der Waals surface area contributed by atoms with Crippen LogP contribution in [0.15, 0.2) is 30.3 Å². The maximum Gasteiger partial charge on any atom is 0.326 e. The first-order chi connectivity index (χ1) is 8.61. The minimum atomic E-state index is -0.802. The molecule has 1 N–H and O–H groups in total.